The number of aliphatic hydroxyl groups excluding tert-OH is 1. The molecule has 0 aromatic carbocycles. The maximum atomic E-state index is 13.2. The second-order valence-electron chi connectivity index (χ2n) is 5.64. The molecular weight excluding hydrogens is 349 g/mol. The number of hydrogen-bond acceptors (Lipinski definition) is 2. The fraction of sp³-hybridized carbons (Fsp3) is 0.786. The number of aromatic nitrogens is 2. The predicted molar refractivity (Wildman–Crippen MR) is 76.7 cm³/mol. The molecule has 0 aliphatic heterocycles. The third-order valence-corrected chi connectivity index (χ3v) is 4.81. The Bertz CT molecular complexity index is 475. The number of aliphatic hydroxyl groups is 1. The molecule has 1 saturated carbocycles. The minimum Gasteiger partial charge on any atom is -0.386 e. The molecule has 1 heterocycles. The minimum absolute atomic E-state index is 0.102. The van der Waals surface area contributed by atoms with Gasteiger partial charge in [-0.05, 0) is 35.2 Å². The lowest BCUT2D eigenvalue weighted by molar-refractivity contribution is -0.207. The first kappa shape index (κ1) is 16.8. The molecule has 0 saturated heterocycles. The largest absolute Gasteiger partial charge is 0.392 e. The summed E-state index contributed by atoms with van der Waals surface area (Å²) < 4.78 is 41.8. The first-order valence-electron chi connectivity index (χ1n) is 7.32. The van der Waals surface area contributed by atoms with Gasteiger partial charge in [-0.3, -0.25) is 4.68 Å². The van der Waals surface area contributed by atoms with Crippen molar-refractivity contribution in [2.75, 3.05) is 0 Å². The summed E-state index contributed by atoms with van der Waals surface area (Å²) in [7, 11) is 0. The monoisotopic (exact) mass is 368 g/mol. The Morgan fingerprint density at radius 3 is 2.71 bits per heavy atom. The van der Waals surface area contributed by atoms with Crippen molar-refractivity contribution in [1.82, 2.24) is 9.78 Å². The molecule has 1 aromatic rings. The highest BCUT2D eigenvalue weighted by Crippen LogP contribution is 2.47. The lowest BCUT2D eigenvalue weighted by Crippen LogP contribution is -2.36. The van der Waals surface area contributed by atoms with Crippen molar-refractivity contribution in [3.63, 3.8) is 0 Å². The Morgan fingerprint density at radius 1 is 1.43 bits per heavy atom. The summed E-state index contributed by atoms with van der Waals surface area (Å²) in [5.41, 5.74) is 0.470. The van der Waals surface area contributed by atoms with E-state index in [1.807, 2.05) is 6.92 Å². The lowest BCUT2D eigenvalue weighted by atomic mass is 9.75. The minimum atomic E-state index is -4.26. The van der Waals surface area contributed by atoms with Crippen molar-refractivity contribution in [3.8, 4) is 0 Å². The van der Waals surface area contributed by atoms with Gasteiger partial charge in [-0.1, -0.05) is 19.8 Å². The molecule has 1 aliphatic rings. The summed E-state index contributed by atoms with van der Waals surface area (Å²) in [6, 6.07) is 0. The number of rotatable bonds is 4. The van der Waals surface area contributed by atoms with Crippen LogP contribution in [0.1, 0.15) is 50.8 Å². The molecule has 21 heavy (non-hydrogen) atoms. The highest BCUT2D eigenvalue weighted by Gasteiger charge is 2.48. The van der Waals surface area contributed by atoms with Crippen LogP contribution in [0, 0.1) is 11.8 Å². The van der Waals surface area contributed by atoms with Gasteiger partial charge in [-0.2, -0.15) is 18.3 Å². The highest BCUT2D eigenvalue weighted by atomic mass is 79.9. The Labute approximate surface area is 130 Å². The van der Waals surface area contributed by atoms with Crippen LogP contribution < -0.4 is 0 Å². The van der Waals surface area contributed by atoms with Gasteiger partial charge in [-0.15, -0.1) is 0 Å². The maximum Gasteiger partial charge on any atom is 0.392 e. The lowest BCUT2D eigenvalue weighted by Gasteiger charge is -2.36. The van der Waals surface area contributed by atoms with Crippen LogP contribution >= 0.6 is 15.9 Å². The van der Waals surface area contributed by atoms with Crippen molar-refractivity contribution in [1.29, 1.82) is 0 Å². The summed E-state index contributed by atoms with van der Waals surface area (Å²) in [4.78, 5) is 0. The van der Waals surface area contributed by atoms with Gasteiger partial charge in [0.1, 0.15) is 6.10 Å². The van der Waals surface area contributed by atoms with Gasteiger partial charge in [0, 0.05) is 12.5 Å². The molecule has 120 valence electrons. The van der Waals surface area contributed by atoms with E-state index in [0.717, 1.165) is 12.8 Å². The highest BCUT2D eigenvalue weighted by molar-refractivity contribution is 9.10. The molecular formula is C14H20BrF3N2O. The molecule has 3 nitrogen and oxygen atoms in total. The van der Waals surface area contributed by atoms with Crippen molar-refractivity contribution in [2.45, 2.75) is 57.9 Å². The van der Waals surface area contributed by atoms with Gasteiger partial charge < -0.3 is 5.11 Å². The molecule has 1 aromatic heterocycles. The molecule has 3 unspecified atom stereocenters. The van der Waals surface area contributed by atoms with Crippen molar-refractivity contribution < 1.29 is 18.3 Å². The molecule has 1 fully saturated rings. The summed E-state index contributed by atoms with van der Waals surface area (Å²) in [5.74, 6) is -2.22. The summed E-state index contributed by atoms with van der Waals surface area (Å²) in [6.45, 7) is 2.55. The molecule has 0 radical (unpaired) electrons. The van der Waals surface area contributed by atoms with E-state index in [9.17, 15) is 18.3 Å². The van der Waals surface area contributed by atoms with Crippen molar-refractivity contribution >= 4 is 15.9 Å². The summed E-state index contributed by atoms with van der Waals surface area (Å²) >= 11 is 3.30. The number of nitrogens with zero attached hydrogens (tertiary/aromatic N) is 2. The maximum absolute atomic E-state index is 13.2. The standard InChI is InChI=1S/C14H20BrF3N2O/c1-2-7-20-12(11(15)8-19-20)13(21)9-5-3-4-6-10(9)14(16,17)18/h8-10,13,21H,2-7H2,1H3. The zero-order valence-corrected chi connectivity index (χ0v) is 13.5. The number of hydrogen-bond donors (Lipinski definition) is 1. The third-order valence-electron chi connectivity index (χ3n) is 4.19. The van der Waals surface area contributed by atoms with Gasteiger partial charge in [0.15, 0.2) is 0 Å². The van der Waals surface area contributed by atoms with E-state index in [0.29, 0.717) is 29.6 Å². The molecule has 1 N–H and O–H groups in total. The Balaban J connectivity index is 2.29. The predicted octanol–water partition coefficient (Wildman–Crippen LogP) is 4.46. The molecule has 0 amide bonds. The first-order chi connectivity index (χ1) is 9.86. The second kappa shape index (κ2) is 6.69. The van der Waals surface area contributed by atoms with Crippen LogP contribution in [0.5, 0.6) is 0 Å². The quantitative estimate of drug-likeness (QED) is 0.851. The van der Waals surface area contributed by atoms with Gasteiger partial charge in [-0.25, -0.2) is 0 Å². The zero-order chi connectivity index (χ0) is 15.6. The van der Waals surface area contributed by atoms with Gasteiger partial charge in [0.25, 0.3) is 0 Å². The fourth-order valence-electron chi connectivity index (χ4n) is 3.20. The number of halogens is 4. The van der Waals surface area contributed by atoms with E-state index in [2.05, 4.69) is 21.0 Å². The van der Waals surface area contributed by atoms with Crippen LogP contribution in [0.15, 0.2) is 10.7 Å². The average molecular weight is 369 g/mol. The van der Waals surface area contributed by atoms with E-state index < -0.39 is 24.1 Å². The van der Waals surface area contributed by atoms with E-state index in [-0.39, 0.29) is 6.42 Å². The molecule has 3 atom stereocenters. The molecule has 7 heteroatoms. The molecule has 0 spiro atoms. The van der Waals surface area contributed by atoms with Gasteiger partial charge in [0.05, 0.1) is 22.3 Å². The van der Waals surface area contributed by atoms with Gasteiger partial charge in [0.2, 0.25) is 0 Å². The van der Waals surface area contributed by atoms with E-state index in [1.54, 1.807) is 10.9 Å². The van der Waals surface area contributed by atoms with Crippen molar-refractivity contribution in [2.24, 2.45) is 11.8 Å². The van der Waals surface area contributed by atoms with Crippen molar-refractivity contribution in [3.05, 3.63) is 16.4 Å². The van der Waals surface area contributed by atoms with E-state index in [4.69, 9.17) is 0 Å². The Kier molecular flexibility index (Phi) is 5.35. The Hall–Kier alpha value is -0.560. The van der Waals surface area contributed by atoms with Crippen LogP contribution in [0.25, 0.3) is 0 Å². The topological polar surface area (TPSA) is 38.0 Å². The van der Waals surface area contributed by atoms with Crippen LogP contribution in [-0.4, -0.2) is 21.1 Å². The Morgan fingerprint density at radius 2 is 2.10 bits per heavy atom. The number of aryl methyl sites for hydroxylation is 1. The summed E-state index contributed by atoms with van der Waals surface area (Å²) in [5, 5.41) is 14.7. The SMILES string of the molecule is CCCn1ncc(Br)c1C(O)C1CCCCC1C(F)(F)F. The normalized spacial score (nSPS) is 25.0. The zero-order valence-electron chi connectivity index (χ0n) is 11.9. The van der Waals surface area contributed by atoms with Crippen LogP contribution in [0.3, 0.4) is 0 Å². The van der Waals surface area contributed by atoms with Crippen LogP contribution in [0.2, 0.25) is 0 Å². The third kappa shape index (κ3) is 3.62. The fourth-order valence-corrected chi connectivity index (χ4v) is 3.73. The van der Waals surface area contributed by atoms with E-state index >= 15 is 0 Å². The molecule has 1 aliphatic carbocycles. The first-order valence-corrected chi connectivity index (χ1v) is 8.11. The smallest absolute Gasteiger partial charge is 0.386 e. The second-order valence-corrected chi connectivity index (χ2v) is 6.50. The average Bonchev–Trinajstić information content (AvgIpc) is 2.79. The van der Waals surface area contributed by atoms with Crippen LogP contribution in [-0.2, 0) is 6.54 Å². The molecule has 0 bridgehead atoms. The van der Waals surface area contributed by atoms with Gasteiger partial charge >= 0.3 is 6.18 Å². The van der Waals surface area contributed by atoms with E-state index in [1.165, 1.54) is 0 Å². The molecule has 2 rings (SSSR count). The number of alkyl halides is 3. The van der Waals surface area contributed by atoms with Crippen LogP contribution in [0.4, 0.5) is 13.2 Å². The summed E-state index contributed by atoms with van der Waals surface area (Å²) in [6.07, 6.45) is -1.24.